The molecule has 0 aromatic carbocycles. The highest BCUT2D eigenvalue weighted by Gasteiger charge is 2.47. The average molecular weight is 189 g/mol. The van der Waals surface area contributed by atoms with Crippen LogP contribution in [0.2, 0.25) is 0 Å². The Balaban J connectivity index is 2.37. The van der Waals surface area contributed by atoms with E-state index in [-0.39, 0.29) is 18.9 Å². The van der Waals surface area contributed by atoms with Gasteiger partial charge in [0.1, 0.15) is 18.3 Å². The van der Waals surface area contributed by atoms with Crippen molar-refractivity contribution in [3.8, 4) is 0 Å². The van der Waals surface area contributed by atoms with Gasteiger partial charge in [-0.25, -0.2) is 0 Å². The minimum Gasteiger partial charge on any atom is -0.394 e. The van der Waals surface area contributed by atoms with Gasteiger partial charge in [0.2, 0.25) is 0 Å². The van der Waals surface area contributed by atoms with E-state index in [1.807, 2.05) is 0 Å². The van der Waals surface area contributed by atoms with E-state index in [0.717, 1.165) is 0 Å². The first-order chi connectivity index (χ1) is 6.24. The Kier molecular flexibility index (Phi) is 3.80. The number of aliphatic imine (C=N–C) groups is 1. The third kappa shape index (κ3) is 2.47. The number of hydrogen-bond donors (Lipinski definition) is 2. The summed E-state index contributed by atoms with van der Waals surface area (Å²) < 4.78 is 9.92. The summed E-state index contributed by atoms with van der Waals surface area (Å²) >= 11 is 0. The fraction of sp³-hybridized carbons (Fsp3) is 0.875. The topological polar surface area (TPSA) is 74.6 Å². The molecule has 5 nitrogen and oxygen atoms in total. The lowest BCUT2D eigenvalue weighted by atomic mass is 10.1. The zero-order valence-electron chi connectivity index (χ0n) is 7.75. The zero-order chi connectivity index (χ0) is 9.84. The second kappa shape index (κ2) is 4.66. The Bertz CT molecular complexity index is 181. The number of epoxide rings is 1. The first-order valence-electron chi connectivity index (χ1n) is 4.19. The van der Waals surface area contributed by atoms with Gasteiger partial charge >= 0.3 is 0 Å². The molecule has 0 bridgehead atoms. The Morgan fingerprint density at radius 1 is 1.69 bits per heavy atom. The highest BCUT2D eigenvalue weighted by atomic mass is 16.6. The summed E-state index contributed by atoms with van der Waals surface area (Å²) in [5, 5.41) is 18.4. The van der Waals surface area contributed by atoms with Crippen molar-refractivity contribution >= 4 is 6.21 Å². The van der Waals surface area contributed by atoms with Gasteiger partial charge in [-0.2, -0.15) is 0 Å². The van der Waals surface area contributed by atoms with Crippen LogP contribution in [0.15, 0.2) is 4.99 Å². The van der Waals surface area contributed by atoms with E-state index in [1.54, 1.807) is 13.1 Å². The van der Waals surface area contributed by atoms with E-state index in [4.69, 9.17) is 14.6 Å². The molecule has 4 atom stereocenters. The molecule has 0 aromatic rings. The first-order valence-corrected chi connectivity index (χ1v) is 4.19. The fourth-order valence-electron chi connectivity index (χ4n) is 1.17. The number of rotatable bonds is 5. The SMILES string of the molecule is CC=N[C@H]1O[C@H]1C(O)[C@H](CO)OC. The van der Waals surface area contributed by atoms with Gasteiger partial charge in [0.25, 0.3) is 0 Å². The van der Waals surface area contributed by atoms with Crippen molar-refractivity contribution in [3.63, 3.8) is 0 Å². The number of aliphatic hydroxyl groups is 2. The molecule has 1 unspecified atom stereocenters. The molecule has 0 radical (unpaired) electrons. The van der Waals surface area contributed by atoms with Gasteiger partial charge in [-0.15, -0.1) is 0 Å². The van der Waals surface area contributed by atoms with Crippen LogP contribution in [0.1, 0.15) is 6.92 Å². The molecule has 0 aromatic heterocycles. The normalized spacial score (nSPS) is 32.0. The molecule has 0 amide bonds. The van der Waals surface area contributed by atoms with Gasteiger partial charge in [0.15, 0.2) is 6.23 Å². The summed E-state index contributed by atoms with van der Waals surface area (Å²) in [7, 11) is 1.44. The molecule has 76 valence electrons. The van der Waals surface area contributed by atoms with Crippen LogP contribution in [0.25, 0.3) is 0 Å². The van der Waals surface area contributed by atoms with E-state index in [2.05, 4.69) is 4.99 Å². The van der Waals surface area contributed by atoms with Crippen molar-refractivity contribution in [2.45, 2.75) is 31.5 Å². The lowest BCUT2D eigenvalue weighted by Gasteiger charge is -2.16. The molecular weight excluding hydrogens is 174 g/mol. The first kappa shape index (κ1) is 10.6. The fourth-order valence-corrected chi connectivity index (χ4v) is 1.17. The lowest BCUT2D eigenvalue weighted by Crippen LogP contribution is -2.36. The van der Waals surface area contributed by atoms with E-state index >= 15 is 0 Å². The van der Waals surface area contributed by atoms with Gasteiger partial charge in [-0.05, 0) is 13.1 Å². The molecule has 2 N–H and O–H groups in total. The number of hydrogen-bond acceptors (Lipinski definition) is 5. The van der Waals surface area contributed by atoms with Crippen molar-refractivity contribution in [3.05, 3.63) is 0 Å². The zero-order valence-corrected chi connectivity index (χ0v) is 7.75. The number of ether oxygens (including phenoxy) is 2. The van der Waals surface area contributed by atoms with E-state index in [1.165, 1.54) is 7.11 Å². The van der Waals surface area contributed by atoms with Crippen LogP contribution in [0.5, 0.6) is 0 Å². The summed E-state index contributed by atoms with van der Waals surface area (Å²) in [5.74, 6) is 0. The Labute approximate surface area is 77.0 Å². The third-order valence-electron chi connectivity index (χ3n) is 2.00. The van der Waals surface area contributed by atoms with Gasteiger partial charge in [0.05, 0.1) is 6.61 Å². The second-order valence-corrected chi connectivity index (χ2v) is 2.85. The van der Waals surface area contributed by atoms with E-state index in [0.29, 0.717) is 0 Å². The molecule has 5 heteroatoms. The van der Waals surface area contributed by atoms with Crippen LogP contribution in [-0.4, -0.2) is 54.7 Å². The second-order valence-electron chi connectivity index (χ2n) is 2.85. The summed E-state index contributed by atoms with van der Waals surface area (Å²) in [6.07, 6.45) is -0.402. The molecule has 0 spiro atoms. The largest absolute Gasteiger partial charge is 0.394 e. The molecule has 1 rings (SSSR count). The maximum absolute atomic E-state index is 9.56. The third-order valence-corrected chi connectivity index (χ3v) is 2.00. The number of methoxy groups -OCH3 is 1. The summed E-state index contributed by atoms with van der Waals surface area (Å²) in [4.78, 5) is 3.95. The Morgan fingerprint density at radius 2 is 2.38 bits per heavy atom. The standard InChI is InChI=1S/C8H15NO4/c1-3-9-8-7(13-8)6(11)5(4-10)12-2/h3,5-8,10-11H,4H2,1-2H3/t5-,6?,7-,8-/m0/s1. The summed E-state index contributed by atoms with van der Waals surface area (Å²) in [6.45, 7) is 1.56. The van der Waals surface area contributed by atoms with Gasteiger partial charge in [0, 0.05) is 7.11 Å². The highest BCUT2D eigenvalue weighted by molar-refractivity contribution is 5.53. The Morgan fingerprint density at radius 3 is 2.85 bits per heavy atom. The van der Waals surface area contributed by atoms with Gasteiger partial charge in [-0.1, -0.05) is 0 Å². The predicted octanol–water partition coefficient (Wildman–Crippen LogP) is -0.830. The van der Waals surface area contributed by atoms with Gasteiger partial charge < -0.3 is 19.7 Å². The van der Waals surface area contributed by atoms with Crippen LogP contribution in [0.3, 0.4) is 0 Å². The molecule has 1 heterocycles. The van der Waals surface area contributed by atoms with Crippen molar-refractivity contribution in [2.75, 3.05) is 13.7 Å². The minimum atomic E-state index is -0.816. The molecular formula is C8H15NO4. The number of nitrogens with zero attached hydrogens (tertiary/aromatic N) is 1. The maximum Gasteiger partial charge on any atom is 0.177 e. The smallest absolute Gasteiger partial charge is 0.177 e. The molecule has 13 heavy (non-hydrogen) atoms. The highest BCUT2D eigenvalue weighted by Crippen LogP contribution is 2.28. The van der Waals surface area contributed by atoms with Crippen LogP contribution in [0, 0.1) is 0 Å². The molecule has 1 saturated heterocycles. The molecule has 1 aliphatic heterocycles. The molecule has 1 aliphatic rings. The number of aliphatic hydroxyl groups excluding tert-OH is 2. The van der Waals surface area contributed by atoms with E-state index < -0.39 is 12.2 Å². The lowest BCUT2D eigenvalue weighted by molar-refractivity contribution is -0.0508. The van der Waals surface area contributed by atoms with Crippen molar-refractivity contribution in [1.82, 2.24) is 0 Å². The van der Waals surface area contributed by atoms with Crippen LogP contribution in [-0.2, 0) is 9.47 Å². The maximum atomic E-state index is 9.56. The minimum absolute atomic E-state index is 0.222. The molecule has 0 aliphatic carbocycles. The van der Waals surface area contributed by atoms with Crippen molar-refractivity contribution in [2.24, 2.45) is 4.99 Å². The van der Waals surface area contributed by atoms with Crippen molar-refractivity contribution < 1.29 is 19.7 Å². The van der Waals surface area contributed by atoms with Gasteiger partial charge in [-0.3, -0.25) is 4.99 Å². The van der Waals surface area contributed by atoms with Crippen LogP contribution >= 0.6 is 0 Å². The summed E-state index contributed by atoms with van der Waals surface area (Å²) in [5.41, 5.74) is 0. The molecule has 0 saturated carbocycles. The monoisotopic (exact) mass is 189 g/mol. The van der Waals surface area contributed by atoms with Crippen LogP contribution in [0.4, 0.5) is 0 Å². The summed E-state index contributed by atoms with van der Waals surface area (Å²) in [6, 6.07) is 0. The van der Waals surface area contributed by atoms with E-state index in [9.17, 15) is 5.11 Å². The Hall–Kier alpha value is -0.490. The molecule has 1 fully saturated rings. The van der Waals surface area contributed by atoms with Crippen LogP contribution < -0.4 is 0 Å². The average Bonchev–Trinajstić information content (AvgIpc) is 2.87. The quantitative estimate of drug-likeness (QED) is 0.437. The predicted molar refractivity (Wildman–Crippen MR) is 46.7 cm³/mol. The van der Waals surface area contributed by atoms with Crippen molar-refractivity contribution in [1.29, 1.82) is 0 Å².